The zero-order valence-electron chi connectivity index (χ0n) is 45.2. The average molecular weight is 1150 g/mol. The molecular formula is C52H79F3N5O12P2S2+. The minimum absolute atomic E-state index is 0.0631. The van der Waals surface area contributed by atoms with Crippen LogP contribution in [-0.2, 0) is 58.5 Å². The van der Waals surface area contributed by atoms with Gasteiger partial charge in [0.1, 0.15) is 13.2 Å². The van der Waals surface area contributed by atoms with Gasteiger partial charge in [-0.15, -0.1) is 0 Å². The highest BCUT2D eigenvalue weighted by atomic mass is 32.2. The molecule has 2 aliphatic heterocycles. The molecule has 24 heteroatoms. The average Bonchev–Trinajstić information content (AvgIpc) is 3.67. The third kappa shape index (κ3) is 19.1. The van der Waals surface area contributed by atoms with Gasteiger partial charge in [-0.3, -0.25) is 18.5 Å². The molecule has 2 atom stereocenters. The number of amides is 1. The Morgan fingerprint density at radius 3 is 2.03 bits per heavy atom. The quantitative estimate of drug-likeness (QED) is 0.0196. The Kier molecular flexibility index (Phi) is 24.8. The molecule has 0 radical (unpaired) electrons. The maximum Gasteiger partial charge on any atom is 0.471 e. The molecule has 76 heavy (non-hydrogen) atoms. The van der Waals surface area contributed by atoms with Gasteiger partial charge < -0.3 is 33.2 Å². The molecule has 0 fully saturated rings. The number of hydrogen-bond acceptors (Lipinski definition) is 12. The molecule has 2 heterocycles. The van der Waals surface area contributed by atoms with Gasteiger partial charge in [0.25, 0.3) is 28.8 Å². The van der Waals surface area contributed by atoms with Crippen molar-refractivity contribution in [2.45, 2.75) is 149 Å². The molecule has 0 spiro atoms. The van der Waals surface area contributed by atoms with Gasteiger partial charge in [0.05, 0.1) is 42.0 Å². The number of halogens is 3. The Hall–Kier alpha value is -3.58. The number of para-hydroxylation sites is 1. The largest absolute Gasteiger partial charge is 0.471 e. The van der Waals surface area contributed by atoms with Crippen molar-refractivity contribution in [3.63, 3.8) is 0 Å². The monoisotopic (exact) mass is 1150 g/mol. The normalized spacial score (nSPS) is 17.2. The molecule has 3 N–H and O–H groups in total. The van der Waals surface area contributed by atoms with E-state index in [1.54, 1.807) is 12.1 Å². The number of carbonyl (C=O) groups excluding carboxylic acids is 1. The van der Waals surface area contributed by atoms with Crippen molar-refractivity contribution in [2.75, 3.05) is 69.0 Å². The second-order valence-corrected chi connectivity index (χ2v) is 27.1. The summed E-state index contributed by atoms with van der Waals surface area (Å²) in [7, 11) is -13.8. The highest BCUT2D eigenvalue weighted by Gasteiger charge is 2.45. The fraction of sp³-hybridized carbons (Fsp3) is 0.635. The van der Waals surface area contributed by atoms with E-state index in [0.29, 0.717) is 51.8 Å². The lowest BCUT2D eigenvalue weighted by molar-refractivity contribution is -0.438. The van der Waals surface area contributed by atoms with E-state index < -0.39 is 65.0 Å². The Bertz CT molecular complexity index is 2670. The van der Waals surface area contributed by atoms with E-state index in [1.807, 2.05) is 61.7 Å². The van der Waals surface area contributed by atoms with E-state index >= 15 is 4.57 Å². The van der Waals surface area contributed by atoms with Gasteiger partial charge in [0, 0.05) is 66.1 Å². The molecule has 0 aromatic heterocycles. The number of allylic oxidation sites excluding steroid dienone is 4. The number of hydrogen-bond donors (Lipinski definition) is 3. The summed E-state index contributed by atoms with van der Waals surface area (Å²) < 4.78 is 147. The summed E-state index contributed by atoms with van der Waals surface area (Å²) in [5.74, 6) is -2.81. The first-order chi connectivity index (χ1) is 35.5. The van der Waals surface area contributed by atoms with Crippen molar-refractivity contribution >= 4 is 64.7 Å². The summed E-state index contributed by atoms with van der Waals surface area (Å²) in [4.78, 5) is 16.8. The summed E-state index contributed by atoms with van der Waals surface area (Å²) in [6.07, 6.45) is 5.25. The molecule has 17 nitrogen and oxygen atoms in total. The van der Waals surface area contributed by atoms with Crippen molar-refractivity contribution in [1.29, 1.82) is 0 Å². The van der Waals surface area contributed by atoms with Crippen LogP contribution in [0, 0.1) is 6.57 Å². The molecular weight excluding hydrogens is 1070 g/mol. The zero-order valence-corrected chi connectivity index (χ0v) is 48.6. The van der Waals surface area contributed by atoms with Gasteiger partial charge in [-0.05, 0) is 116 Å². The van der Waals surface area contributed by atoms with Gasteiger partial charge in [-0.2, -0.15) is 34.6 Å². The van der Waals surface area contributed by atoms with Crippen LogP contribution in [0.5, 0.6) is 0 Å². The van der Waals surface area contributed by atoms with Crippen LogP contribution in [0.3, 0.4) is 0 Å². The Balaban J connectivity index is 1.61. The van der Waals surface area contributed by atoms with E-state index in [9.17, 15) is 43.9 Å². The minimum Gasteiger partial charge on any atom is -0.348 e. The summed E-state index contributed by atoms with van der Waals surface area (Å²) in [6, 6.07) is 13.6. The first-order valence-electron chi connectivity index (χ1n) is 25.9. The lowest BCUT2D eigenvalue weighted by Gasteiger charge is -2.35. The fourth-order valence-electron chi connectivity index (χ4n) is 9.39. The Morgan fingerprint density at radius 1 is 0.829 bits per heavy atom. The Labute approximate surface area is 450 Å². The number of nitrogens with one attached hydrogen (secondary N) is 1. The standard InChI is InChI=1S/C52H78F3N5O12P2S2/c1-40(2)60(41(3)4)73(70-36-30-56-9)69-33-17-10-11-18-34-71-74(62,72-35-19-14-29-57-49(61)52(53,54)55)42-27-28-46-44(39-42)51(7,8)48(59(46)32-16-21-38-76(66,67)68)26-22-25-47-50(5,6)43-23-12-13-24-45(43)58(47)31-15-20-37-75(63,64)65/h12-13,22-28,39-41H,10-11,14-21,29-38H2,1-8H3,(H2-,57,61,63,64,65,66,67,68)/p+1. The minimum atomic E-state index is -5.02. The molecule has 0 saturated carbocycles. The van der Waals surface area contributed by atoms with Crippen LogP contribution in [0.1, 0.15) is 131 Å². The maximum atomic E-state index is 15.0. The molecule has 0 saturated heterocycles. The molecule has 4 rings (SSSR count). The van der Waals surface area contributed by atoms with Gasteiger partial charge in [0.2, 0.25) is 12.2 Å². The maximum absolute atomic E-state index is 15.0. The second kappa shape index (κ2) is 29.0. The summed E-state index contributed by atoms with van der Waals surface area (Å²) in [5.41, 5.74) is 4.23. The third-order valence-electron chi connectivity index (χ3n) is 13.1. The zero-order chi connectivity index (χ0) is 56.5. The highest BCUT2D eigenvalue weighted by Crippen LogP contribution is 2.53. The van der Waals surface area contributed by atoms with Crippen LogP contribution < -0.4 is 15.5 Å². The van der Waals surface area contributed by atoms with Gasteiger partial charge in [-0.1, -0.05) is 51.0 Å². The molecule has 0 aliphatic carbocycles. The van der Waals surface area contributed by atoms with Crippen molar-refractivity contribution in [1.82, 2.24) is 9.99 Å². The predicted octanol–water partition coefficient (Wildman–Crippen LogP) is 10.8. The highest BCUT2D eigenvalue weighted by molar-refractivity contribution is 7.86. The number of unbranched alkanes of at least 4 members (excludes halogenated alkanes) is 6. The molecule has 426 valence electrons. The van der Waals surface area contributed by atoms with E-state index in [4.69, 9.17) is 24.7 Å². The van der Waals surface area contributed by atoms with Gasteiger partial charge in [0.15, 0.2) is 5.71 Å². The summed E-state index contributed by atoms with van der Waals surface area (Å²) in [6.45, 7) is 25.1. The molecule has 2 aliphatic rings. The first-order valence-corrected chi connectivity index (χ1v) is 31.8. The summed E-state index contributed by atoms with van der Waals surface area (Å²) >= 11 is 0. The van der Waals surface area contributed by atoms with Crippen molar-refractivity contribution in [3.05, 3.63) is 88.9 Å². The topological polar surface area (TPSA) is 206 Å². The molecule has 2 aromatic carbocycles. The smallest absolute Gasteiger partial charge is 0.348 e. The van der Waals surface area contributed by atoms with Crippen molar-refractivity contribution in [2.24, 2.45) is 0 Å². The van der Waals surface area contributed by atoms with Crippen LogP contribution >= 0.6 is 16.1 Å². The molecule has 2 aromatic rings. The Morgan fingerprint density at radius 2 is 1.42 bits per heavy atom. The molecule has 1 amide bonds. The van der Waals surface area contributed by atoms with E-state index in [2.05, 4.69) is 66.6 Å². The number of benzene rings is 2. The van der Waals surface area contributed by atoms with E-state index in [1.165, 1.54) is 0 Å². The van der Waals surface area contributed by atoms with Crippen LogP contribution in [0.2, 0.25) is 0 Å². The van der Waals surface area contributed by atoms with Crippen LogP contribution in [0.15, 0.2) is 66.4 Å². The van der Waals surface area contributed by atoms with E-state index in [-0.39, 0.29) is 81.7 Å². The third-order valence-corrected chi connectivity index (χ3v) is 18.8. The molecule has 0 bridgehead atoms. The first kappa shape index (κ1) is 64.9. The van der Waals surface area contributed by atoms with Crippen LogP contribution in [0.4, 0.5) is 24.5 Å². The number of rotatable bonds is 34. The molecule has 2 unspecified atom stereocenters. The lowest BCUT2D eigenvalue weighted by Crippen LogP contribution is -2.37. The fourth-order valence-corrected chi connectivity index (χ4v) is 13.8. The second-order valence-electron chi connectivity index (χ2n) is 20.4. The number of carbonyl (C=O) groups is 1. The van der Waals surface area contributed by atoms with Crippen LogP contribution in [-0.4, -0.2) is 129 Å². The number of anilines is 1. The number of nitrogens with zero attached hydrogens (tertiary/aromatic N) is 4. The lowest BCUT2D eigenvalue weighted by atomic mass is 9.81. The summed E-state index contributed by atoms with van der Waals surface area (Å²) in [5, 5.41) is 2.10. The van der Waals surface area contributed by atoms with Crippen LogP contribution in [0.25, 0.3) is 4.85 Å². The number of fused-ring (bicyclic) bond motifs is 2. The van der Waals surface area contributed by atoms with Gasteiger partial charge in [-0.25, -0.2) is 11.2 Å². The number of alkyl halides is 3. The van der Waals surface area contributed by atoms with Gasteiger partial charge >= 0.3 is 19.7 Å². The van der Waals surface area contributed by atoms with Crippen molar-refractivity contribution < 1.29 is 71.1 Å². The SMILES string of the molecule is [C-]#[N+]CCOP(OCCCCCCOP(=O)(OCCCCNC(=O)C(F)(F)F)c1ccc2c(c1)C(C)(C)C(=CC=CC1=[N+](CCCCS(=O)(=O)O)c3ccccc3C1(C)C)N2CCCCS(=O)(=O)O)N(C(C)C)C(C)C. The predicted molar refractivity (Wildman–Crippen MR) is 293 cm³/mol. The van der Waals surface area contributed by atoms with Crippen molar-refractivity contribution in [3.8, 4) is 0 Å². The van der Waals surface area contributed by atoms with E-state index in [0.717, 1.165) is 40.3 Å².